The minimum absolute atomic E-state index is 0. The van der Waals surface area contributed by atoms with E-state index in [4.69, 9.17) is 14.1 Å². The molecule has 1 aromatic carbocycles. The molecule has 164 valence electrons. The predicted octanol–water partition coefficient (Wildman–Crippen LogP) is 3.97. The first-order valence-electron chi connectivity index (χ1n) is 12.0. The summed E-state index contributed by atoms with van der Waals surface area (Å²) in [6.07, 6.45) is 10.2. The molecule has 0 radical (unpaired) electrons. The van der Waals surface area contributed by atoms with Crippen molar-refractivity contribution < 1.29 is 33.0 Å². The number of fused-ring (bicyclic) bond motifs is 2. The Morgan fingerprint density at radius 2 is 1.50 bits per heavy atom. The molecule has 2 bridgehead atoms. The van der Waals surface area contributed by atoms with Crippen LogP contribution in [0.5, 0.6) is 5.75 Å². The second-order valence-corrected chi connectivity index (χ2v) is 10.3. The van der Waals surface area contributed by atoms with Crippen LogP contribution in [-0.2, 0) is 16.0 Å². The Balaban J connectivity index is 0.00000320. The topological polar surface area (TPSA) is 27.7 Å². The van der Waals surface area contributed by atoms with Crippen LogP contribution >= 0.6 is 0 Å². The standard InChI is InChI=1S/C25H42BO3.Li/c1-19(2)16-25(29-18-21-12-14-24(27-4)15-13-21)20(3)17-26(28-5)22-8-6-9-23(26)11-7-10-22;/h12-15,19-20,22-23,25H,6-11,16-18H2,1-5H3;/q-1;+1/t20-,22?,23?,25-,26?;/m1./s1. The number of rotatable bonds is 10. The molecule has 2 fully saturated rings. The van der Waals surface area contributed by atoms with Crippen molar-refractivity contribution in [2.75, 3.05) is 14.2 Å². The maximum Gasteiger partial charge on any atom is 1.00 e. The Labute approximate surface area is 197 Å². The van der Waals surface area contributed by atoms with Gasteiger partial charge in [-0.15, -0.1) is 18.0 Å². The molecule has 0 unspecified atom stereocenters. The molecule has 3 rings (SSSR count). The van der Waals surface area contributed by atoms with Crippen LogP contribution in [0.1, 0.15) is 71.3 Å². The van der Waals surface area contributed by atoms with Crippen molar-refractivity contribution in [2.45, 2.75) is 96.4 Å². The Bertz CT molecular complexity index is 599. The quantitative estimate of drug-likeness (QED) is 0.549. The third-order valence-corrected chi connectivity index (χ3v) is 8.04. The van der Waals surface area contributed by atoms with Gasteiger partial charge in [-0.1, -0.05) is 71.4 Å². The third kappa shape index (κ3) is 6.10. The number of hydrogen-bond acceptors (Lipinski definition) is 3. The van der Waals surface area contributed by atoms with Gasteiger partial charge >= 0.3 is 18.9 Å². The number of methoxy groups -OCH3 is 1. The molecule has 5 heteroatoms. The Morgan fingerprint density at radius 3 is 1.97 bits per heavy atom. The van der Waals surface area contributed by atoms with E-state index >= 15 is 0 Å². The van der Waals surface area contributed by atoms with Gasteiger partial charge in [0.1, 0.15) is 12.1 Å². The van der Waals surface area contributed by atoms with Crippen molar-refractivity contribution in [1.82, 2.24) is 0 Å². The molecule has 0 aliphatic carbocycles. The normalized spacial score (nSPS) is 27.9. The van der Waals surface area contributed by atoms with Gasteiger partial charge in [0.05, 0.1) is 19.8 Å². The van der Waals surface area contributed by atoms with E-state index in [1.807, 2.05) is 19.2 Å². The zero-order valence-electron chi connectivity index (χ0n) is 20.4. The maximum absolute atomic E-state index is 6.54. The summed E-state index contributed by atoms with van der Waals surface area (Å²) in [7, 11) is 3.71. The molecule has 0 amide bonds. The van der Waals surface area contributed by atoms with E-state index in [9.17, 15) is 0 Å². The maximum atomic E-state index is 6.54. The van der Waals surface area contributed by atoms with Crippen LogP contribution in [0, 0.1) is 11.8 Å². The van der Waals surface area contributed by atoms with E-state index in [1.54, 1.807) is 7.11 Å². The van der Waals surface area contributed by atoms with Crippen molar-refractivity contribution in [3.05, 3.63) is 29.8 Å². The van der Waals surface area contributed by atoms with Crippen LogP contribution in [0.3, 0.4) is 0 Å². The molecule has 2 saturated heterocycles. The molecule has 2 heterocycles. The minimum atomic E-state index is -0.721. The van der Waals surface area contributed by atoms with E-state index in [1.165, 1.54) is 50.4 Å². The first-order chi connectivity index (χ1) is 14.0. The molecule has 0 aromatic heterocycles. The van der Waals surface area contributed by atoms with Crippen LogP contribution in [0.15, 0.2) is 24.3 Å². The summed E-state index contributed by atoms with van der Waals surface area (Å²) in [5, 5.41) is 0. The van der Waals surface area contributed by atoms with Crippen molar-refractivity contribution in [3.8, 4) is 5.75 Å². The van der Waals surface area contributed by atoms with Crippen LogP contribution in [0.2, 0.25) is 18.0 Å². The zero-order valence-corrected chi connectivity index (χ0v) is 20.4. The largest absolute Gasteiger partial charge is 1.00 e. The first-order valence-corrected chi connectivity index (χ1v) is 12.0. The van der Waals surface area contributed by atoms with E-state index in [2.05, 4.69) is 32.9 Å². The molecule has 0 spiro atoms. The van der Waals surface area contributed by atoms with Crippen LogP contribution < -0.4 is 23.6 Å². The molecule has 0 N–H and O–H groups in total. The summed E-state index contributed by atoms with van der Waals surface area (Å²) >= 11 is 0. The minimum Gasteiger partial charge on any atom is -0.592 e. The summed E-state index contributed by atoms with van der Waals surface area (Å²) in [4.78, 5) is 0. The number of hydrogen-bond donors (Lipinski definition) is 0. The summed E-state index contributed by atoms with van der Waals surface area (Å²) in [6.45, 7) is 7.70. The van der Waals surface area contributed by atoms with E-state index in [0.29, 0.717) is 18.4 Å². The van der Waals surface area contributed by atoms with Gasteiger partial charge in [0.15, 0.2) is 0 Å². The van der Waals surface area contributed by atoms with Gasteiger partial charge in [-0.2, -0.15) is 0 Å². The Kier molecular flexibility index (Phi) is 10.3. The smallest absolute Gasteiger partial charge is 0.592 e. The van der Waals surface area contributed by atoms with Crippen molar-refractivity contribution in [1.29, 1.82) is 0 Å². The summed E-state index contributed by atoms with van der Waals surface area (Å²) in [5.41, 5.74) is 1.22. The van der Waals surface area contributed by atoms with Gasteiger partial charge < -0.3 is 14.1 Å². The van der Waals surface area contributed by atoms with Gasteiger partial charge in [-0.3, -0.25) is 0 Å². The van der Waals surface area contributed by atoms with Gasteiger partial charge in [0.25, 0.3) is 0 Å². The van der Waals surface area contributed by atoms with Crippen molar-refractivity contribution in [2.24, 2.45) is 11.8 Å². The zero-order chi connectivity index (χ0) is 20.9. The number of ether oxygens (including phenoxy) is 2. The Morgan fingerprint density at radius 1 is 0.933 bits per heavy atom. The van der Waals surface area contributed by atoms with Crippen LogP contribution in [0.25, 0.3) is 0 Å². The fourth-order valence-electron chi connectivity index (χ4n) is 6.54. The molecule has 1 aromatic rings. The molecule has 3 nitrogen and oxygen atoms in total. The molecule has 30 heavy (non-hydrogen) atoms. The molecular weight excluding hydrogens is 366 g/mol. The molecule has 2 aliphatic heterocycles. The van der Waals surface area contributed by atoms with Gasteiger partial charge in [0, 0.05) is 0 Å². The second-order valence-electron chi connectivity index (χ2n) is 10.3. The van der Waals surface area contributed by atoms with Gasteiger partial charge in [-0.05, 0) is 43.1 Å². The fourth-order valence-corrected chi connectivity index (χ4v) is 6.54. The Hall–Kier alpha value is -0.398. The third-order valence-electron chi connectivity index (χ3n) is 8.04. The molecular formula is C25H42BLiO3. The average molecular weight is 408 g/mol. The SMILES string of the molecule is COc1ccc(CO[C@H](CC(C)C)[C@H](C)C[B-]2(OC)C3CCCC2CCC3)cc1.[Li+]. The summed E-state index contributed by atoms with van der Waals surface area (Å²) in [6, 6.07) is 8.27. The van der Waals surface area contributed by atoms with Crippen molar-refractivity contribution in [3.63, 3.8) is 0 Å². The fraction of sp³-hybridized carbons (Fsp3) is 0.760. The first kappa shape index (κ1) is 25.9. The predicted molar refractivity (Wildman–Crippen MR) is 123 cm³/mol. The average Bonchev–Trinajstić information content (AvgIpc) is 2.70. The molecule has 2 aliphatic rings. The number of benzene rings is 1. The second kappa shape index (κ2) is 12.0. The summed E-state index contributed by atoms with van der Waals surface area (Å²) < 4.78 is 18.3. The van der Waals surface area contributed by atoms with Crippen LogP contribution in [-0.4, -0.2) is 26.7 Å². The van der Waals surface area contributed by atoms with E-state index in [0.717, 1.165) is 23.8 Å². The van der Waals surface area contributed by atoms with Crippen LogP contribution in [0.4, 0.5) is 0 Å². The van der Waals surface area contributed by atoms with E-state index in [-0.39, 0.29) is 25.0 Å². The monoisotopic (exact) mass is 408 g/mol. The van der Waals surface area contributed by atoms with E-state index < -0.39 is 6.35 Å². The van der Waals surface area contributed by atoms with Crippen molar-refractivity contribution >= 4 is 6.35 Å². The molecule has 2 atom stereocenters. The van der Waals surface area contributed by atoms with Gasteiger partial charge in [-0.25, -0.2) is 0 Å². The summed E-state index contributed by atoms with van der Waals surface area (Å²) in [5.74, 6) is 3.66. The molecule has 0 saturated carbocycles. The van der Waals surface area contributed by atoms with Gasteiger partial charge in [0.2, 0.25) is 0 Å².